The maximum absolute atomic E-state index is 11.8. The number of aromatic hydroxyl groups is 2. The number of carbonyl (C=O) groups is 2. The third-order valence-electron chi connectivity index (χ3n) is 4.00. The van der Waals surface area contributed by atoms with Gasteiger partial charge in [-0.05, 0) is 42.7 Å². The summed E-state index contributed by atoms with van der Waals surface area (Å²) in [6.07, 6.45) is 0.306. The van der Waals surface area contributed by atoms with Crippen molar-refractivity contribution in [1.29, 1.82) is 0 Å². The van der Waals surface area contributed by atoms with Crippen molar-refractivity contribution in [3.05, 3.63) is 59.7 Å². The van der Waals surface area contributed by atoms with E-state index in [0.29, 0.717) is 11.1 Å². The maximum Gasteiger partial charge on any atom is 0.338 e. The number of ether oxygens (including phenoxy) is 1. The lowest BCUT2D eigenvalue weighted by atomic mass is 9.87. The van der Waals surface area contributed by atoms with Crippen molar-refractivity contribution in [2.24, 2.45) is 5.73 Å². The maximum atomic E-state index is 11.8. The van der Waals surface area contributed by atoms with Gasteiger partial charge in [0, 0.05) is 6.42 Å². The van der Waals surface area contributed by atoms with Gasteiger partial charge in [0.2, 0.25) is 0 Å². The number of phenolic OH excluding ortho intramolecular Hbond substituents is 2. The highest BCUT2D eigenvalue weighted by molar-refractivity contribution is 5.89. The van der Waals surface area contributed by atoms with Crippen molar-refractivity contribution in [2.75, 3.05) is 6.61 Å². The summed E-state index contributed by atoms with van der Waals surface area (Å²) in [5.41, 5.74) is 5.32. The Morgan fingerprint density at radius 3 is 2.35 bits per heavy atom. The minimum Gasteiger partial charge on any atom is -0.504 e. The minimum absolute atomic E-state index is 0.0389. The van der Waals surface area contributed by atoms with Gasteiger partial charge in [0.25, 0.3) is 0 Å². The van der Waals surface area contributed by atoms with Crippen molar-refractivity contribution in [2.45, 2.75) is 24.8 Å². The lowest BCUT2D eigenvalue weighted by molar-refractivity contribution is -0.143. The molecule has 26 heavy (non-hydrogen) atoms. The van der Waals surface area contributed by atoms with E-state index < -0.39 is 17.5 Å². The van der Waals surface area contributed by atoms with E-state index in [4.69, 9.17) is 10.5 Å². The molecular weight excluding hydrogens is 338 g/mol. The molecule has 0 aliphatic carbocycles. The first-order valence-electron chi connectivity index (χ1n) is 8.07. The molecule has 0 saturated carbocycles. The number of carbonyl (C=O) groups excluding carboxylic acids is 1. The second kappa shape index (κ2) is 8.35. The number of esters is 1. The number of rotatable bonds is 8. The number of nitrogens with two attached hydrogens (primary N) is 1. The molecule has 0 spiro atoms. The summed E-state index contributed by atoms with van der Waals surface area (Å²) in [7, 11) is 0. The normalized spacial score (nSPS) is 13.0. The Hall–Kier alpha value is -3.06. The Morgan fingerprint density at radius 2 is 1.73 bits per heavy atom. The molecule has 7 nitrogen and oxygen atoms in total. The van der Waals surface area contributed by atoms with Crippen LogP contribution < -0.4 is 5.73 Å². The summed E-state index contributed by atoms with van der Waals surface area (Å²) < 4.78 is 5.13. The summed E-state index contributed by atoms with van der Waals surface area (Å²) in [4.78, 5) is 23.4. The van der Waals surface area contributed by atoms with Crippen LogP contribution in [0, 0.1) is 0 Å². The molecule has 0 aromatic heterocycles. The number of phenols is 2. The Kier molecular flexibility index (Phi) is 6.19. The summed E-state index contributed by atoms with van der Waals surface area (Å²) in [5, 5.41) is 28.3. The second-order valence-corrected chi connectivity index (χ2v) is 6.07. The topological polar surface area (TPSA) is 130 Å². The lowest BCUT2D eigenvalue weighted by Crippen LogP contribution is -2.50. The highest BCUT2D eigenvalue weighted by Gasteiger charge is 2.34. The zero-order valence-electron chi connectivity index (χ0n) is 14.1. The fraction of sp³-hybridized carbons (Fsp3) is 0.263. The van der Waals surface area contributed by atoms with Gasteiger partial charge < -0.3 is 25.8 Å². The largest absolute Gasteiger partial charge is 0.504 e. The molecule has 0 aliphatic rings. The summed E-state index contributed by atoms with van der Waals surface area (Å²) in [6, 6.07) is 12.5. The minimum atomic E-state index is -1.58. The van der Waals surface area contributed by atoms with Crippen molar-refractivity contribution in [3.63, 3.8) is 0 Å². The summed E-state index contributed by atoms with van der Waals surface area (Å²) >= 11 is 0. The molecule has 0 fully saturated rings. The van der Waals surface area contributed by atoms with Crippen LogP contribution in [0.5, 0.6) is 11.5 Å². The van der Waals surface area contributed by atoms with Crippen LogP contribution in [-0.4, -0.2) is 39.4 Å². The molecule has 5 N–H and O–H groups in total. The number of carboxylic acid groups (broad SMARTS) is 1. The molecule has 0 heterocycles. The molecule has 7 heteroatoms. The Morgan fingerprint density at radius 1 is 1.04 bits per heavy atom. The van der Waals surface area contributed by atoms with E-state index in [1.54, 1.807) is 30.3 Å². The van der Waals surface area contributed by atoms with Gasteiger partial charge in [-0.1, -0.05) is 24.3 Å². The highest BCUT2D eigenvalue weighted by Crippen LogP contribution is 2.27. The van der Waals surface area contributed by atoms with E-state index in [-0.39, 0.29) is 37.4 Å². The number of hydrogen-bond donors (Lipinski definition) is 4. The molecule has 0 amide bonds. The fourth-order valence-corrected chi connectivity index (χ4v) is 2.52. The molecule has 138 valence electrons. The van der Waals surface area contributed by atoms with Gasteiger partial charge in [0.1, 0.15) is 5.54 Å². The van der Waals surface area contributed by atoms with Crippen LogP contribution in [-0.2, 0) is 16.0 Å². The van der Waals surface area contributed by atoms with E-state index in [2.05, 4.69) is 0 Å². The third-order valence-corrected chi connectivity index (χ3v) is 4.00. The second-order valence-electron chi connectivity index (χ2n) is 6.07. The van der Waals surface area contributed by atoms with Gasteiger partial charge in [0.15, 0.2) is 11.5 Å². The summed E-state index contributed by atoms with van der Waals surface area (Å²) in [6.45, 7) is 0.0424. The molecule has 0 aliphatic heterocycles. The number of aliphatic carboxylic acids is 1. The average molecular weight is 359 g/mol. The SMILES string of the molecule is NC(CCCOC(=O)c1ccccc1)(Cc1ccc(O)c(O)c1)C(=O)O. The van der Waals surface area contributed by atoms with E-state index in [0.717, 1.165) is 0 Å². The van der Waals surface area contributed by atoms with Crippen molar-refractivity contribution >= 4 is 11.9 Å². The first-order chi connectivity index (χ1) is 12.3. The van der Waals surface area contributed by atoms with Crippen LogP contribution in [0.2, 0.25) is 0 Å². The Balaban J connectivity index is 1.91. The standard InChI is InChI=1S/C19H21NO6/c20-19(18(24)25,12-13-7-8-15(21)16(22)11-13)9-4-10-26-17(23)14-5-2-1-3-6-14/h1-3,5-8,11,21-22H,4,9-10,12,20H2,(H,24,25). The zero-order valence-corrected chi connectivity index (χ0v) is 14.1. The number of hydrogen-bond acceptors (Lipinski definition) is 6. The van der Waals surface area contributed by atoms with Crippen LogP contribution in [0.1, 0.15) is 28.8 Å². The van der Waals surface area contributed by atoms with Crippen LogP contribution in [0.15, 0.2) is 48.5 Å². The Bertz CT molecular complexity index is 777. The van der Waals surface area contributed by atoms with Gasteiger partial charge in [-0.2, -0.15) is 0 Å². The number of carboxylic acids is 1. The molecule has 0 bridgehead atoms. The van der Waals surface area contributed by atoms with Crippen molar-refractivity contribution < 1.29 is 29.6 Å². The zero-order chi connectivity index (χ0) is 19.2. The van der Waals surface area contributed by atoms with Crippen LogP contribution in [0.25, 0.3) is 0 Å². The highest BCUT2D eigenvalue weighted by atomic mass is 16.5. The molecule has 0 radical (unpaired) electrons. The fourth-order valence-electron chi connectivity index (χ4n) is 2.52. The van der Waals surface area contributed by atoms with Gasteiger partial charge in [-0.15, -0.1) is 0 Å². The van der Waals surface area contributed by atoms with Crippen LogP contribution >= 0.6 is 0 Å². The quantitative estimate of drug-likeness (QED) is 0.322. The van der Waals surface area contributed by atoms with Crippen LogP contribution in [0.3, 0.4) is 0 Å². The number of benzene rings is 2. The Labute approximate surface area is 150 Å². The van der Waals surface area contributed by atoms with E-state index in [1.807, 2.05) is 0 Å². The monoisotopic (exact) mass is 359 g/mol. The van der Waals surface area contributed by atoms with Crippen molar-refractivity contribution in [3.8, 4) is 11.5 Å². The van der Waals surface area contributed by atoms with Gasteiger partial charge in [-0.25, -0.2) is 4.79 Å². The molecule has 1 atom stereocenters. The molecule has 2 rings (SSSR count). The van der Waals surface area contributed by atoms with Crippen molar-refractivity contribution in [1.82, 2.24) is 0 Å². The first kappa shape index (κ1) is 19.3. The molecular formula is C19H21NO6. The third kappa shape index (κ3) is 4.97. The van der Waals surface area contributed by atoms with Crippen LogP contribution in [0.4, 0.5) is 0 Å². The molecule has 2 aromatic rings. The molecule has 0 saturated heterocycles. The van der Waals surface area contributed by atoms with Gasteiger partial charge in [0.05, 0.1) is 12.2 Å². The molecule has 1 unspecified atom stereocenters. The van der Waals surface area contributed by atoms with Gasteiger partial charge in [-0.3, -0.25) is 4.79 Å². The van der Waals surface area contributed by atoms with E-state index >= 15 is 0 Å². The smallest absolute Gasteiger partial charge is 0.338 e. The van der Waals surface area contributed by atoms with Gasteiger partial charge >= 0.3 is 11.9 Å². The predicted molar refractivity (Wildman–Crippen MR) is 94.0 cm³/mol. The average Bonchev–Trinajstić information content (AvgIpc) is 2.62. The first-order valence-corrected chi connectivity index (χ1v) is 8.07. The van der Waals surface area contributed by atoms with E-state index in [9.17, 15) is 24.9 Å². The molecule has 2 aromatic carbocycles. The lowest BCUT2D eigenvalue weighted by Gasteiger charge is -2.25. The summed E-state index contributed by atoms with van der Waals surface area (Å²) in [5.74, 6) is -2.31. The van der Waals surface area contributed by atoms with E-state index in [1.165, 1.54) is 18.2 Å². The predicted octanol–water partition coefficient (Wildman–Crippen LogP) is 2.06.